The highest BCUT2D eigenvalue weighted by Crippen LogP contribution is 2.30. The van der Waals surface area contributed by atoms with Gasteiger partial charge in [-0.1, -0.05) is 42.0 Å². The minimum absolute atomic E-state index is 0.0820. The molecule has 0 bridgehead atoms. The van der Waals surface area contributed by atoms with E-state index in [1.54, 1.807) is 29.2 Å². The first-order valence-electron chi connectivity index (χ1n) is 8.91. The molecule has 1 unspecified atom stereocenters. The summed E-state index contributed by atoms with van der Waals surface area (Å²) in [6, 6.07) is 13.9. The molecule has 0 aromatic heterocycles. The predicted molar refractivity (Wildman–Crippen MR) is 99.0 cm³/mol. The second-order valence-corrected chi connectivity index (χ2v) is 8.92. The summed E-state index contributed by atoms with van der Waals surface area (Å²) in [6.45, 7) is 3.59. The fraction of sp³-hybridized carbons (Fsp3) is 0.350. The highest BCUT2D eigenvalue weighted by atomic mass is 32.2. The molecule has 26 heavy (non-hydrogen) atoms. The summed E-state index contributed by atoms with van der Waals surface area (Å²) in [4.78, 5) is 15.0. The Morgan fingerprint density at radius 1 is 1.00 bits per heavy atom. The molecule has 0 aliphatic carbocycles. The number of aryl methyl sites for hydroxylation is 1. The number of rotatable bonds is 3. The van der Waals surface area contributed by atoms with Crippen molar-refractivity contribution >= 4 is 15.9 Å². The lowest BCUT2D eigenvalue weighted by molar-refractivity contribution is -0.139. The summed E-state index contributed by atoms with van der Waals surface area (Å²) >= 11 is 0. The number of benzene rings is 2. The molecule has 1 saturated heterocycles. The van der Waals surface area contributed by atoms with Gasteiger partial charge in [-0.2, -0.15) is 4.31 Å². The van der Waals surface area contributed by atoms with Crippen LogP contribution in [0, 0.1) is 6.92 Å². The first-order valence-corrected chi connectivity index (χ1v) is 10.3. The third-order valence-electron chi connectivity index (χ3n) is 5.29. The molecule has 2 aromatic rings. The molecular formula is C20H22N2O3S. The number of carbonyl (C=O) groups excluding carboxylic acids is 1. The molecule has 2 aromatic carbocycles. The lowest BCUT2D eigenvalue weighted by atomic mass is 9.94. The van der Waals surface area contributed by atoms with Crippen molar-refractivity contribution in [3.63, 3.8) is 0 Å². The fourth-order valence-electron chi connectivity index (χ4n) is 3.56. The summed E-state index contributed by atoms with van der Waals surface area (Å²) in [6.07, 6.45) is 1.41. The summed E-state index contributed by atoms with van der Waals surface area (Å²) in [5.41, 5.74) is 3.03. The summed E-state index contributed by atoms with van der Waals surface area (Å²) in [5, 5.41) is 0. The lowest BCUT2D eigenvalue weighted by Crippen LogP contribution is -2.56. The quantitative estimate of drug-likeness (QED) is 0.833. The molecule has 5 nitrogen and oxygen atoms in total. The van der Waals surface area contributed by atoms with Gasteiger partial charge in [0.25, 0.3) is 0 Å². The van der Waals surface area contributed by atoms with Crippen LogP contribution in [-0.2, 0) is 27.8 Å². The van der Waals surface area contributed by atoms with E-state index in [9.17, 15) is 13.2 Å². The number of hydrogen-bond donors (Lipinski definition) is 0. The van der Waals surface area contributed by atoms with E-state index in [0.29, 0.717) is 6.42 Å². The highest BCUT2D eigenvalue weighted by Gasteiger charge is 2.42. The maximum absolute atomic E-state index is 13.3. The summed E-state index contributed by atoms with van der Waals surface area (Å²) in [5.74, 6) is -0.0820. The second kappa shape index (κ2) is 6.52. The minimum Gasteiger partial charge on any atom is -0.341 e. The molecule has 2 aliphatic heterocycles. The van der Waals surface area contributed by atoms with Crippen molar-refractivity contribution in [2.24, 2.45) is 0 Å². The van der Waals surface area contributed by atoms with Crippen LogP contribution in [0.1, 0.15) is 23.1 Å². The normalized spacial score (nSPS) is 20.3. The van der Waals surface area contributed by atoms with E-state index < -0.39 is 16.1 Å². The maximum Gasteiger partial charge on any atom is 0.244 e. The number of nitrogens with zero attached hydrogens (tertiary/aromatic N) is 2. The SMILES string of the molecule is Cc1ccc(S(=O)(=O)N2Cc3ccccc3CC2C(=O)N2CCC2)cc1. The predicted octanol–water partition coefficient (Wildman–Crippen LogP) is 2.34. The number of hydrogen-bond acceptors (Lipinski definition) is 3. The van der Waals surface area contributed by atoms with Gasteiger partial charge in [0.2, 0.25) is 15.9 Å². The maximum atomic E-state index is 13.3. The Hall–Kier alpha value is -2.18. The Balaban J connectivity index is 1.75. The van der Waals surface area contributed by atoms with Crippen molar-refractivity contribution in [2.45, 2.75) is 37.2 Å². The zero-order valence-corrected chi connectivity index (χ0v) is 15.6. The Kier molecular flexibility index (Phi) is 4.32. The largest absolute Gasteiger partial charge is 0.341 e. The van der Waals surface area contributed by atoms with Gasteiger partial charge in [-0.25, -0.2) is 8.42 Å². The lowest BCUT2D eigenvalue weighted by Gasteiger charge is -2.40. The van der Waals surface area contributed by atoms with Gasteiger partial charge in [0, 0.05) is 19.6 Å². The zero-order valence-electron chi connectivity index (χ0n) is 14.8. The van der Waals surface area contributed by atoms with E-state index in [-0.39, 0.29) is 17.3 Å². The van der Waals surface area contributed by atoms with Crippen LogP contribution < -0.4 is 0 Å². The van der Waals surface area contributed by atoms with Gasteiger partial charge in [-0.3, -0.25) is 4.79 Å². The van der Waals surface area contributed by atoms with Gasteiger partial charge in [0.1, 0.15) is 6.04 Å². The molecule has 6 heteroatoms. The number of amides is 1. The van der Waals surface area contributed by atoms with Crippen LogP contribution in [0.5, 0.6) is 0 Å². The number of sulfonamides is 1. The molecule has 0 radical (unpaired) electrons. The van der Waals surface area contributed by atoms with Crippen molar-refractivity contribution < 1.29 is 13.2 Å². The van der Waals surface area contributed by atoms with Crippen molar-refractivity contribution in [3.05, 3.63) is 65.2 Å². The Morgan fingerprint density at radius 2 is 1.65 bits per heavy atom. The molecule has 1 amide bonds. The van der Waals surface area contributed by atoms with Crippen LogP contribution in [0.4, 0.5) is 0 Å². The molecule has 0 saturated carbocycles. The third-order valence-corrected chi connectivity index (χ3v) is 7.15. The summed E-state index contributed by atoms with van der Waals surface area (Å²) < 4.78 is 28.0. The van der Waals surface area contributed by atoms with Crippen LogP contribution >= 0.6 is 0 Å². The molecule has 4 rings (SSSR count). The van der Waals surface area contributed by atoms with Crippen LogP contribution in [0.2, 0.25) is 0 Å². The fourth-order valence-corrected chi connectivity index (χ4v) is 5.11. The third kappa shape index (κ3) is 2.93. The van der Waals surface area contributed by atoms with Gasteiger partial charge in [0.15, 0.2) is 0 Å². The minimum atomic E-state index is -3.75. The average molecular weight is 370 g/mol. The standard InChI is InChI=1S/C20H22N2O3S/c1-15-7-9-18(10-8-15)26(24,25)22-14-17-6-3-2-5-16(17)13-19(22)20(23)21-11-4-12-21/h2-3,5-10,19H,4,11-14H2,1H3. The molecule has 136 valence electrons. The number of fused-ring (bicyclic) bond motifs is 1. The van der Waals surface area contributed by atoms with Gasteiger partial charge >= 0.3 is 0 Å². The van der Waals surface area contributed by atoms with Gasteiger partial charge in [-0.15, -0.1) is 0 Å². The molecule has 2 aliphatic rings. The Bertz CT molecular complexity index is 934. The van der Waals surface area contributed by atoms with E-state index in [1.165, 1.54) is 4.31 Å². The Labute approximate surface area is 154 Å². The van der Waals surface area contributed by atoms with Crippen LogP contribution in [0.25, 0.3) is 0 Å². The van der Waals surface area contributed by atoms with E-state index in [1.807, 2.05) is 31.2 Å². The first kappa shape index (κ1) is 17.2. The van der Waals surface area contributed by atoms with Crippen molar-refractivity contribution in [1.82, 2.24) is 9.21 Å². The number of carbonyl (C=O) groups is 1. The smallest absolute Gasteiger partial charge is 0.244 e. The van der Waals surface area contributed by atoms with Gasteiger partial charge < -0.3 is 4.90 Å². The first-order chi connectivity index (χ1) is 12.5. The van der Waals surface area contributed by atoms with Crippen LogP contribution in [-0.4, -0.2) is 42.7 Å². The van der Waals surface area contributed by atoms with Crippen molar-refractivity contribution in [1.29, 1.82) is 0 Å². The molecule has 1 atom stereocenters. The van der Waals surface area contributed by atoms with Crippen molar-refractivity contribution in [3.8, 4) is 0 Å². The van der Waals surface area contributed by atoms with E-state index in [0.717, 1.165) is 36.2 Å². The average Bonchev–Trinajstić information content (AvgIpc) is 2.59. The van der Waals surface area contributed by atoms with Crippen LogP contribution in [0.15, 0.2) is 53.4 Å². The van der Waals surface area contributed by atoms with E-state index >= 15 is 0 Å². The Morgan fingerprint density at radius 3 is 2.27 bits per heavy atom. The van der Waals surface area contributed by atoms with Crippen molar-refractivity contribution in [2.75, 3.05) is 13.1 Å². The van der Waals surface area contributed by atoms with Gasteiger partial charge in [-0.05, 0) is 43.0 Å². The molecule has 1 fully saturated rings. The second-order valence-electron chi connectivity index (χ2n) is 7.03. The van der Waals surface area contributed by atoms with E-state index in [2.05, 4.69) is 0 Å². The topological polar surface area (TPSA) is 57.7 Å². The van der Waals surface area contributed by atoms with E-state index in [4.69, 9.17) is 0 Å². The molecule has 0 N–H and O–H groups in total. The van der Waals surface area contributed by atoms with Gasteiger partial charge in [0.05, 0.1) is 4.90 Å². The highest BCUT2D eigenvalue weighted by molar-refractivity contribution is 7.89. The zero-order chi connectivity index (χ0) is 18.3. The monoisotopic (exact) mass is 370 g/mol. The van der Waals surface area contributed by atoms with Crippen LogP contribution in [0.3, 0.4) is 0 Å². The molecule has 2 heterocycles. The number of likely N-dealkylation sites (tertiary alicyclic amines) is 1. The molecule has 0 spiro atoms. The summed E-state index contributed by atoms with van der Waals surface area (Å²) in [7, 11) is -3.75. The molecular weight excluding hydrogens is 348 g/mol.